The molecular weight excluding hydrogens is 403 g/mol. The maximum Gasteiger partial charge on any atom is 0.261 e. The molecular formula is C23H21FN2O3S. The van der Waals surface area contributed by atoms with E-state index in [1.807, 2.05) is 11.4 Å². The summed E-state index contributed by atoms with van der Waals surface area (Å²) in [6.07, 6.45) is -0.194. The molecule has 0 aliphatic carbocycles. The van der Waals surface area contributed by atoms with Crippen LogP contribution in [0.3, 0.4) is 0 Å². The minimum Gasteiger partial charge on any atom is -0.391 e. The second kappa shape index (κ2) is 8.77. The van der Waals surface area contributed by atoms with Crippen molar-refractivity contribution in [3.8, 4) is 0 Å². The Morgan fingerprint density at radius 1 is 1.10 bits per heavy atom. The Morgan fingerprint density at radius 2 is 1.83 bits per heavy atom. The van der Waals surface area contributed by atoms with Crippen molar-refractivity contribution < 1.29 is 19.1 Å². The summed E-state index contributed by atoms with van der Waals surface area (Å²) in [5, 5.41) is 14.8. The van der Waals surface area contributed by atoms with Gasteiger partial charge in [0.05, 0.1) is 17.0 Å². The minimum absolute atomic E-state index is 0.127. The summed E-state index contributed by atoms with van der Waals surface area (Å²) in [5.74, 6) is -0.648. The number of likely N-dealkylation sites (tertiary alicyclic amines) is 1. The first-order valence-corrected chi connectivity index (χ1v) is 10.5. The van der Waals surface area contributed by atoms with Gasteiger partial charge in [0.15, 0.2) is 0 Å². The van der Waals surface area contributed by atoms with Gasteiger partial charge < -0.3 is 15.3 Å². The number of hydrogen-bond donors (Lipinski definition) is 2. The van der Waals surface area contributed by atoms with Gasteiger partial charge in [0.2, 0.25) is 0 Å². The van der Waals surface area contributed by atoms with E-state index >= 15 is 0 Å². The van der Waals surface area contributed by atoms with Gasteiger partial charge in [0.1, 0.15) is 5.82 Å². The molecule has 2 N–H and O–H groups in total. The van der Waals surface area contributed by atoms with E-state index in [4.69, 9.17) is 0 Å². The predicted octanol–water partition coefficient (Wildman–Crippen LogP) is 3.77. The van der Waals surface area contributed by atoms with Crippen LogP contribution in [-0.2, 0) is 6.54 Å². The van der Waals surface area contributed by atoms with Crippen molar-refractivity contribution in [2.75, 3.05) is 6.54 Å². The first kappa shape index (κ1) is 20.3. The van der Waals surface area contributed by atoms with Crippen LogP contribution in [-0.4, -0.2) is 34.5 Å². The van der Waals surface area contributed by atoms with Crippen LogP contribution in [0.1, 0.15) is 43.6 Å². The zero-order chi connectivity index (χ0) is 21.1. The Bertz CT molecular complexity index is 1020. The third-order valence-electron chi connectivity index (χ3n) is 5.19. The number of carbonyl (C=O) groups is 2. The van der Waals surface area contributed by atoms with E-state index < -0.39 is 6.10 Å². The highest BCUT2D eigenvalue weighted by atomic mass is 32.1. The largest absolute Gasteiger partial charge is 0.391 e. The lowest BCUT2D eigenvalue weighted by atomic mass is 10.0. The van der Waals surface area contributed by atoms with E-state index in [1.165, 1.54) is 23.5 Å². The van der Waals surface area contributed by atoms with E-state index in [1.54, 1.807) is 47.4 Å². The standard InChI is InChI=1S/C23H21FN2O3S/c24-18-9-7-16(8-10-18)20-12-19(27)14-26(20)23(29)17-5-3-15(4-6-17)13-25-22(28)21-2-1-11-30-21/h1-11,19-20,27H,12-14H2,(H,25,28). The lowest BCUT2D eigenvalue weighted by Crippen LogP contribution is -2.31. The molecule has 2 heterocycles. The van der Waals surface area contributed by atoms with Crippen LogP contribution in [0.15, 0.2) is 66.0 Å². The van der Waals surface area contributed by atoms with Gasteiger partial charge in [-0.15, -0.1) is 11.3 Å². The lowest BCUT2D eigenvalue weighted by molar-refractivity contribution is 0.0715. The first-order chi connectivity index (χ1) is 14.5. The van der Waals surface area contributed by atoms with Crippen molar-refractivity contribution in [2.24, 2.45) is 0 Å². The van der Waals surface area contributed by atoms with Crippen LogP contribution in [0.25, 0.3) is 0 Å². The average molecular weight is 424 g/mol. The molecule has 2 aromatic carbocycles. The number of carbonyl (C=O) groups excluding carboxylic acids is 2. The fourth-order valence-corrected chi connectivity index (χ4v) is 4.29. The van der Waals surface area contributed by atoms with Gasteiger partial charge in [-0.25, -0.2) is 4.39 Å². The second-order valence-electron chi connectivity index (χ2n) is 7.27. The Kier molecular flexibility index (Phi) is 5.92. The number of aliphatic hydroxyl groups excluding tert-OH is 1. The average Bonchev–Trinajstić information content (AvgIpc) is 3.42. The maximum atomic E-state index is 13.2. The van der Waals surface area contributed by atoms with Crippen molar-refractivity contribution in [1.29, 1.82) is 0 Å². The molecule has 5 nitrogen and oxygen atoms in total. The number of halogens is 1. The Morgan fingerprint density at radius 3 is 2.50 bits per heavy atom. The molecule has 30 heavy (non-hydrogen) atoms. The SMILES string of the molecule is O=C(NCc1ccc(C(=O)N2CC(O)CC2c2ccc(F)cc2)cc1)c1cccs1. The number of rotatable bonds is 5. The highest BCUT2D eigenvalue weighted by Crippen LogP contribution is 2.33. The second-order valence-corrected chi connectivity index (χ2v) is 8.22. The first-order valence-electron chi connectivity index (χ1n) is 9.66. The minimum atomic E-state index is -0.615. The fourth-order valence-electron chi connectivity index (χ4n) is 3.65. The molecule has 7 heteroatoms. The number of β-amino-alcohol motifs (C(OH)–C–C–N with tert-alkyl or cyclic N) is 1. The fraction of sp³-hybridized carbons (Fsp3) is 0.217. The molecule has 0 radical (unpaired) electrons. The quantitative estimate of drug-likeness (QED) is 0.655. The van der Waals surface area contributed by atoms with Gasteiger partial charge in [0.25, 0.3) is 11.8 Å². The Labute approximate surface area is 177 Å². The third kappa shape index (κ3) is 4.42. The van der Waals surface area contributed by atoms with Gasteiger partial charge in [-0.2, -0.15) is 0 Å². The number of nitrogens with zero attached hydrogens (tertiary/aromatic N) is 1. The summed E-state index contributed by atoms with van der Waals surface area (Å²) >= 11 is 1.38. The van der Waals surface area contributed by atoms with E-state index in [-0.39, 0.29) is 30.2 Å². The zero-order valence-electron chi connectivity index (χ0n) is 16.1. The van der Waals surface area contributed by atoms with Crippen molar-refractivity contribution in [1.82, 2.24) is 10.2 Å². The molecule has 0 bridgehead atoms. The predicted molar refractivity (Wildman–Crippen MR) is 113 cm³/mol. The van der Waals surface area contributed by atoms with Crippen LogP contribution in [0.4, 0.5) is 4.39 Å². The molecule has 1 saturated heterocycles. The molecule has 0 spiro atoms. The number of aliphatic hydroxyl groups is 1. The summed E-state index contributed by atoms with van der Waals surface area (Å²) in [4.78, 5) is 27.4. The smallest absolute Gasteiger partial charge is 0.261 e. The number of hydrogen-bond acceptors (Lipinski definition) is 4. The highest BCUT2D eigenvalue weighted by molar-refractivity contribution is 7.12. The molecule has 3 aromatic rings. The van der Waals surface area contributed by atoms with Gasteiger partial charge in [-0.05, 0) is 53.3 Å². The van der Waals surface area contributed by atoms with Gasteiger partial charge in [-0.3, -0.25) is 9.59 Å². The summed E-state index contributed by atoms with van der Waals surface area (Å²) in [7, 11) is 0. The number of thiophene rings is 1. The van der Waals surface area contributed by atoms with Gasteiger partial charge >= 0.3 is 0 Å². The summed E-state index contributed by atoms with van der Waals surface area (Å²) in [5.41, 5.74) is 2.19. The molecule has 4 rings (SSSR count). The molecule has 2 amide bonds. The highest BCUT2D eigenvalue weighted by Gasteiger charge is 2.35. The lowest BCUT2D eigenvalue weighted by Gasteiger charge is -2.25. The zero-order valence-corrected chi connectivity index (χ0v) is 16.9. The van der Waals surface area contributed by atoms with Crippen LogP contribution in [0, 0.1) is 5.82 Å². The van der Waals surface area contributed by atoms with Crippen LogP contribution in [0.2, 0.25) is 0 Å². The third-order valence-corrected chi connectivity index (χ3v) is 6.06. The van der Waals surface area contributed by atoms with Crippen LogP contribution < -0.4 is 5.32 Å². The van der Waals surface area contributed by atoms with Crippen molar-refractivity contribution in [3.63, 3.8) is 0 Å². The number of nitrogens with one attached hydrogen (secondary N) is 1. The van der Waals surface area contributed by atoms with E-state index in [0.717, 1.165) is 11.1 Å². The monoisotopic (exact) mass is 424 g/mol. The maximum absolute atomic E-state index is 13.2. The van der Waals surface area contributed by atoms with Crippen molar-refractivity contribution >= 4 is 23.2 Å². The van der Waals surface area contributed by atoms with E-state index in [2.05, 4.69) is 5.32 Å². The van der Waals surface area contributed by atoms with E-state index in [9.17, 15) is 19.1 Å². The van der Waals surface area contributed by atoms with Crippen molar-refractivity contribution in [3.05, 3.63) is 93.4 Å². The summed E-state index contributed by atoms with van der Waals surface area (Å²) in [6, 6.07) is 16.4. The molecule has 2 atom stereocenters. The number of amides is 2. The normalized spacial score (nSPS) is 18.4. The molecule has 1 aliphatic heterocycles. The Hall–Kier alpha value is -3.03. The summed E-state index contributed by atoms with van der Waals surface area (Å²) in [6.45, 7) is 0.603. The molecule has 1 aromatic heterocycles. The topological polar surface area (TPSA) is 69.6 Å². The van der Waals surface area contributed by atoms with Crippen molar-refractivity contribution in [2.45, 2.75) is 25.1 Å². The molecule has 0 saturated carbocycles. The molecule has 2 unspecified atom stereocenters. The molecule has 1 fully saturated rings. The van der Waals surface area contributed by atoms with Crippen LogP contribution in [0.5, 0.6) is 0 Å². The summed E-state index contributed by atoms with van der Waals surface area (Å²) < 4.78 is 13.2. The molecule has 1 aliphatic rings. The van der Waals surface area contributed by atoms with Crippen LogP contribution >= 0.6 is 11.3 Å². The number of benzene rings is 2. The van der Waals surface area contributed by atoms with Gasteiger partial charge in [0, 0.05) is 18.7 Å². The molecule has 154 valence electrons. The Balaban J connectivity index is 1.43. The van der Waals surface area contributed by atoms with E-state index in [0.29, 0.717) is 23.4 Å². The van der Waals surface area contributed by atoms with Gasteiger partial charge in [-0.1, -0.05) is 30.3 Å².